The van der Waals surface area contributed by atoms with Crippen LogP contribution in [0.25, 0.3) is 0 Å². The Kier molecular flexibility index (Phi) is 10.00. The maximum absolute atomic E-state index is 11.6. The maximum Gasteiger partial charge on any atom is 0.338 e. The standard InChI is InChI=1S/C15H20O7/c1-4-7-13(17)22-14(18)10-11(3)15(19)21-9-6-8-20-12(16)5-2/h4-5,7,11H,2,6,8-10H2,1,3H3. The molecule has 0 aliphatic carbocycles. The molecular formula is C15H20O7. The molecule has 0 N–H and O–H groups in total. The van der Waals surface area contributed by atoms with E-state index in [-0.39, 0.29) is 19.6 Å². The minimum atomic E-state index is -0.799. The molecule has 0 aliphatic heterocycles. The van der Waals surface area contributed by atoms with Crippen LogP contribution in [-0.2, 0) is 33.4 Å². The highest BCUT2D eigenvalue weighted by atomic mass is 16.6. The van der Waals surface area contributed by atoms with Gasteiger partial charge in [0.25, 0.3) is 0 Å². The van der Waals surface area contributed by atoms with Gasteiger partial charge in [0.05, 0.1) is 25.6 Å². The van der Waals surface area contributed by atoms with Crippen LogP contribution in [0, 0.1) is 5.92 Å². The average molecular weight is 312 g/mol. The summed E-state index contributed by atoms with van der Waals surface area (Å²) in [6, 6.07) is 0. The van der Waals surface area contributed by atoms with Crippen molar-refractivity contribution in [3.63, 3.8) is 0 Å². The summed E-state index contributed by atoms with van der Waals surface area (Å²) in [5, 5.41) is 0. The molecule has 0 rings (SSSR count). The Morgan fingerprint density at radius 3 is 2.32 bits per heavy atom. The Hall–Kier alpha value is -2.44. The number of esters is 4. The highest BCUT2D eigenvalue weighted by Crippen LogP contribution is 2.07. The number of rotatable bonds is 9. The van der Waals surface area contributed by atoms with Crippen LogP contribution in [0.3, 0.4) is 0 Å². The second-order valence-corrected chi connectivity index (χ2v) is 4.29. The number of hydrogen-bond acceptors (Lipinski definition) is 7. The van der Waals surface area contributed by atoms with Crippen molar-refractivity contribution >= 4 is 23.9 Å². The summed E-state index contributed by atoms with van der Waals surface area (Å²) in [5.41, 5.74) is 0. The Morgan fingerprint density at radius 1 is 1.09 bits per heavy atom. The van der Waals surface area contributed by atoms with Crippen molar-refractivity contribution < 1.29 is 33.4 Å². The van der Waals surface area contributed by atoms with Gasteiger partial charge in [0.2, 0.25) is 0 Å². The molecule has 1 unspecified atom stereocenters. The highest BCUT2D eigenvalue weighted by molar-refractivity contribution is 5.93. The molecule has 0 amide bonds. The van der Waals surface area contributed by atoms with Crippen LogP contribution in [0.1, 0.15) is 26.7 Å². The summed E-state index contributed by atoms with van der Waals surface area (Å²) in [5.74, 6) is -3.45. The first-order chi connectivity index (χ1) is 10.4. The molecule has 0 radical (unpaired) electrons. The fourth-order valence-corrected chi connectivity index (χ4v) is 1.26. The maximum atomic E-state index is 11.6. The zero-order valence-electron chi connectivity index (χ0n) is 12.7. The fourth-order valence-electron chi connectivity index (χ4n) is 1.26. The fraction of sp³-hybridized carbons (Fsp3) is 0.467. The molecule has 0 aliphatic rings. The third kappa shape index (κ3) is 9.46. The molecule has 1 atom stereocenters. The van der Waals surface area contributed by atoms with Crippen molar-refractivity contribution in [2.24, 2.45) is 5.92 Å². The lowest BCUT2D eigenvalue weighted by atomic mass is 10.1. The van der Waals surface area contributed by atoms with E-state index in [1.165, 1.54) is 13.0 Å². The van der Waals surface area contributed by atoms with Crippen LogP contribution in [0.5, 0.6) is 0 Å². The number of ether oxygens (including phenoxy) is 3. The van der Waals surface area contributed by atoms with Crippen LogP contribution in [-0.4, -0.2) is 37.1 Å². The van der Waals surface area contributed by atoms with Gasteiger partial charge in [-0.15, -0.1) is 0 Å². The largest absolute Gasteiger partial charge is 0.465 e. The van der Waals surface area contributed by atoms with Gasteiger partial charge >= 0.3 is 23.9 Å². The van der Waals surface area contributed by atoms with Crippen LogP contribution in [0.15, 0.2) is 24.8 Å². The SMILES string of the molecule is C=CC(=O)OCCCOC(=O)C(C)CC(=O)OC(=O)C=CC. The van der Waals surface area contributed by atoms with Gasteiger partial charge < -0.3 is 14.2 Å². The topological polar surface area (TPSA) is 96.0 Å². The smallest absolute Gasteiger partial charge is 0.338 e. The van der Waals surface area contributed by atoms with Gasteiger partial charge in [-0.2, -0.15) is 0 Å². The summed E-state index contributed by atoms with van der Waals surface area (Å²) in [6.07, 6.45) is 3.66. The minimum absolute atomic E-state index is 0.0557. The van der Waals surface area contributed by atoms with Gasteiger partial charge in [-0.25, -0.2) is 9.59 Å². The van der Waals surface area contributed by atoms with E-state index in [9.17, 15) is 19.2 Å². The van der Waals surface area contributed by atoms with Crippen molar-refractivity contribution in [2.45, 2.75) is 26.7 Å². The lowest BCUT2D eigenvalue weighted by Crippen LogP contribution is -2.21. The quantitative estimate of drug-likeness (QED) is 0.208. The third-order valence-corrected chi connectivity index (χ3v) is 2.34. The number of hydrogen-bond donors (Lipinski definition) is 0. The zero-order chi connectivity index (χ0) is 17.0. The van der Waals surface area contributed by atoms with Gasteiger partial charge in [0, 0.05) is 18.6 Å². The van der Waals surface area contributed by atoms with Crippen molar-refractivity contribution in [1.82, 2.24) is 0 Å². The molecule has 0 saturated carbocycles. The Labute approximate surface area is 128 Å². The molecular weight excluding hydrogens is 292 g/mol. The van der Waals surface area contributed by atoms with E-state index in [1.807, 2.05) is 0 Å². The summed E-state index contributed by atoms with van der Waals surface area (Å²) >= 11 is 0. The van der Waals surface area contributed by atoms with Gasteiger partial charge in [0.15, 0.2) is 0 Å². The molecule has 0 saturated heterocycles. The van der Waals surface area contributed by atoms with Gasteiger partial charge in [0.1, 0.15) is 0 Å². The lowest BCUT2D eigenvalue weighted by molar-refractivity contribution is -0.161. The first-order valence-electron chi connectivity index (χ1n) is 6.73. The van der Waals surface area contributed by atoms with Crippen molar-refractivity contribution in [2.75, 3.05) is 13.2 Å². The molecule has 22 heavy (non-hydrogen) atoms. The summed E-state index contributed by atoms with van der Waals surface area (Å²) in [7, 11) is 0. The number of allylic oxidation sites excluding steroid dienone is 1. The van der Waals surface area contributed by atoms with E-state index in [1.54, 1.807) is 6.92 Å². The van der Waals surface area contributed by atoms with E-state index < -0.39 is 29.8 Å². The lowest BCUT2D eigenvalue weighted by Gasteiger charge is -2.10. The predicted octanol–water partition coefficient (Wildman–Crippen LogP) is 1.32. The normalized spacial score (nSPS) is 11.5. The van der Waals surface area contributed by atoms with Crippen LogP contribution >= 0.6 is 0 Å². The summed E-state index contributed by atoms with van der Waals surface area (Å²) < 4.78 is 14.1. The minimum Gasteiger partial charge on any atom is -0.465 e. The van der Waals surface area contributed by atoms with Gasteiger partial charge in [-0.1, -0.05) is 19.6 Å². The average Bonchev–Trinajstić information content (AvgIpc) is 2.46. The predicted molar refractivity (Wildman–Crippen MR) is 76.4 cm³/mol. The summed E-state index contributed by atoms with van der Waals surface area (Å²) in [6.45, 7) is 6.49. The van der Waals surface area contributed by atoms with Crippen LogP contribution < -0.4 is 0 Å². The molecule has 7 nitrogen and oxygen atoms in total. The van der Waals surface area contributed by atoms with Gasteiger partial charge in [-0.05, 0) is 6.92 Å². The molecule has 0 heterocycles. The van der Waals surface area contributed by atoms with Crippen molar-refractivity contribution in [1.29, 1.82) is 0 Å². The highest BCUT2D eigenvalue weighted by Gasteiger charge is 2.20. The molecule has 0 aromatic carbocycles. The second-order valence-electron chi connectivity index (χ2n) is 4.29. The van der Waals surface area contributed by atoms with Crippen LogP contribution in [0.4, 0.5) is 0 Å². The number of carbonyl (C=O) groups excluding carboxylic acids is 4. The van der Waals surface area contributed by atoms with E-state index in [4.69, 9.17) is 9.47 Å². The summed E-state index contributed by atoms with van der Waals surface area (Å²) in [4.78, 5) is 44.7. The number of carbonyl (C=O) groups is 4. The first kappa shape index (κ1) is 19.6. The molecule has 122 valence electrons. The molecule has 0 aromatic heterocycles. The second kappa shape index (κ2) is 11.2. The zero-order valence-corrected chi connectivity index (χ0v) is 12.7. The Balaban J connectivity index is 3.91. The van der Waals surface area contributed by atoms with Crippen molar-refractivity contribution in [3.05, 3.63) is 24.8 Å². The first-order valence-corrected chi connectivity index (χ1v) is 6.73. The monoisotopic (exact) mass is 312 g/mol. The molecule has 0 bridgehead atoms. The Morgan fingerprint density at radius 2 is 1.73 bits per heavy atom. The molecule has 7 heteroatoms. The van der Waals surface area contributed by atoms with E-state index >= 15 is 0 Å². The Bertz CT molecular complexity index is 451. The van der Waals surface area contributed by atoms with Crippen molar-refractivity contribution in [3.8, 4) is 0 Å². The van der Waals surface area contributed by atoms with Gasteiger partial charge in [-0.3, -0.25) is 9.59 Å². The van der Waals surface area contributed by atoms with E-state index in [2.05, 4.69) is 11.3 Å². The van der Waals surface area contributed by atoms with E-state index in [0.717, 1.165) is 12.2 Å². The molecule has 0 spiro atoms. The van der Waals surface area contributed by atoms with E-state index in [0.29, 0.717) is 6.42 Å². The molecule has 0 aromatic rings. The molecule has 0 fully saturated rings. The van der Waals surface area contributed by atoms with Crippen LogP contribution in [0.2, 0.25) is 0 Å². The third-order valence-electron chi connectivity index (χ3n) is 2.34.